The zero-order valence-corrected chi connectivity index (χ0v) is 15.9. The van der Waals surface area contributed by atoms with Crippen molar-refractivity contribution in [2.24, 2.45) is 0 Å². The van der Waals surface area contributed by atoms with Gasteiger partial charge in [-0.3, -0.25) is 4.79 Å². The summed E-state index contributed by atoms with van der Waals surface area (Å²) in [5, 5.41) is 2.11. The van der Waals surface area contributed by atoms with Gasteiger partial charge in [-0.25, -0.2) is 16.8 Å². The molecule has 0 spiro atoms. The zero-order valence-electron chi connectivity index (χ0n) is 13.6. The monoisotopic (exact) mass is 413 g/mol. The minimum absolute atomic E-state index is 0.00823. The fourth-order valence-electron chi connectivity index (χ4n) is 2.75. The number of halogens is 1. The van der Waals surface area contributed by atoms with Crippen LogP contribution in [0.5, 0.6) is 0 Å². The molecule has 9 heteroatoms. The Hall–Kier alpha value is -1.90. The summed E-state index contributed by atoms with van der Waals surface area (Å²) in [6.07, 6.45) is 0.0966. The first-order valence-electron chi connectivity index (χ1n) is 7.79. The Morgan fingerprint density at radius 3 is 2.31 bits per heavy atom. The smallest absolute Gasteiger partial charge is 0.255 e. The molecule has 2 aromatic carbocycles. The van der Waals surface area contributed by atoms with E-state index in [0.29, 0.717) is 10.7 Å². The normalized spacial score (nSPS) is 19.2. The summed E-state index contributed by atoms with van der Waals surface area (Å²) in [7, 11) is -7.05. The molecule has 1 fully saturated rings. The van der Waals surface area contributed by atoms with Crippen LogP contribution in [0, 0.1) is 0 Å². The lowest BCUT2D eigenvalue weighted by molar-refractivity contribution is 0.102. The molecule has 1 atom stereocenters. The van der Waals surface area contributed by atoms with Crippen molar-refractivity contribution in [3.8, 4) is 0 Å². The number of carbonyl (C=O) groups is 1. The van der Waals surface area contributed by atoms with E-state index >= 15 is 0 Å². The molecule has 1 N–H and O–H groups in total. The summed E-state index contributed by atoms with van der Waals surface area (Å²) < 4.78 is 48.2. The molecule has 3 rings (SSSR count). The molecule has 1 saturated heterocycles. The van der Waals surface area contributed by atoms with Gasteiger partial charge in [0.2, 0.25) is 0 Å². The van der Waals surface area contributed by atoms with E-state index in [4.69, 9.17) is 11.6 Å². The summed E-state index contributed by atoms with van der Waals surface area (Å²) in [5.41, 5.74) is 0.718. The van der Waals surface area contributed by atoms with Crippen LogP contribution in [0.15, 0.2) is 53.4 Å². The van der Waals surface area contributed by atoms with Crippen molar-refractivity contribution in [2.45, 2.75) is 16.6 Å². The molecule has 0 aromatic heterocycles. The number of carbonyl (C=O) groups excluding carboxylic acids is 1. The van der Waals surface area contributed by atoms with Crippen molar-refractivity contribution in [2.75, 3.05) is 16.8 Å². The Morgan fingerprint density at radius 1 is 1.08 bits per heavy atom. The molecule has 1 heterocycles. The topological polar surface area (TPSA) is 97.4 Å². The fourth-order valence-corrected chi connectivity index (χ4v) is 7.29. The highest BCUT2D eigenvalue weighted by Crippen LogP contribution is 2.26. The van der Waals surface area contributed by atoms with Crippen LogP contribution in [-0.2, 0) is 19.7 Å². The molecule has 2 aromatic rings. The number of para-hydroxylation sites is 1. The number of nitrogens with one attached hydrogen (secondary N) is 1. The third kappa shape index (κ3) is 3.92. The number of hydrogen-bond donors (Lipinski definition) is 1. The van der Waals surface area contributed by atoms with E-state index in [-0.39, 0.29) is 28.4 Å². The highest BCUT2D eigenvalue weighted by molar-refractivity contribution is 7.96. The maximum absolute atomic E-state index is 12.6. The van der Waals surface area contributed by atoms with Gasteiger partial charge in [-0.05, 0) is 42.8 Å². The van der Waals surface area contributed by atoms with Gasteiger partial charge in [0, 0.05) is 5.56 Å². The molecule has 138 valence electrons. The van der Waals surface area contributed by atoms with Gasteiger partial charge in [0.25, 0.3) is 5.91 Å². The quantitative estimate of drug-likeness (QED) is 0.830. The van der Waals surface area contributed by atoms with Crippen LogP contribution in [0.25, 0.3) is 0 Å². The highest BCUT2D eigenvalue weighted by Gasteiger charge is 2.37. The minimum atomic E-state index is -3.75. The average Bonchev–Trinajstić information content (AvgIpc) is 2.98. The second kappa shape index (κ2) is 7.02. The van der Waals surface area contributed by atoms with Crippen molar-refractivity contribution in [3.05, 3.63) is 59.1 Å². The van der Waals surface area contributed by atoms with Gasteiger partial charge in [0.1, 0.15) is 0 Å². The van der Waals surface area contributed by atoms with Crippen LogP contribution in [0.1, 0.15) is 16.8 Å². The summed E-state index contributed by atoms with van der Waals surface area (Å²) in [4.78, 5) is 12.3. The maximum atomic E-state index is 12.6. The van der Waals surface area contributed by atoms with Crippen LogP contribution in [0.4, 0.5) is 5.69 Å². The molecule has 1 unspecified atom stereocenters. The Morgan fingerprint density at radius 2 is 1.73 bits per heavy atom. The van der Waals surface area contributed by atoms with Gasteiger partial charge in [0.15, 0.2) is 19.7 Å². The predicted octanol–water partition coefficient (Wildman–Crippen LogP) is 2.55. The first-order chi connectivity index (χ1) is 12.2. The van der Waals surface area contributed by atoms with E-state index in [1.807, 2.05) is 0 Å². The third-order valence-electron chi connectivity index (χ3n) is 4.20. The van der Waals surface area contributed by atoms with Crippen molar-refractivity contribution in [1.29, 1.82) is 0 Å². The first kappa shape index (κ1) is 18.9. The summed E-state index contributed by atoms with van der Waals surface area (Å²) >= 11 is 5.99. The van der Waals surface area contributed by atoms with E-state index in [9.17, 15) is 21.6 Å². The second-order valence-electron chi connectivity index (χ2n) is 6.03. The van der Waals surface area contributed by atoms with Crippen molar-refractivity contribution in [3.63, 3.8) is 0 Å². The van der Waals surface area contributed by atoms with E-state index in [2.05, 4.69) is 5.32 Å². The number of hydrogen-bond acceptors (Lipinski definition) is 5. The largest absolute Gasteiger partial charge is 0.321 e. The number of benzene rings is 2. The SMILES string of the molecule is O=C(Nc1ccccc1Cl)c1ccc(S(=O)(=O)C2CCS(=O)(=O)C2)cc1. The van der Waals surface area contributed by atoms with E-state index in [1.54, 1.807) is 24.3 Å². The van der Waals surface area contributed by atoms with Gasteiger partial charge in [-0.1, -0.05) is 23.7 Å². The van der Waals surface area contributed by atoms with E-state index < -0.39 is 30.8 Å². The lowest BCUT2D eigenvalue weighted by Crippen LogP contribution is -2.23. The molecule has 1 aliphatic heterocycles. The molecule has 26 heavy (non-hydrogen) atoms. The highest BCUT2D eigenvalue weighted by atomic mass is 35.5. The lowest BCUT2D eigenvalue weighted by atomic mass is 10.2. The molecular weight excluding hydrogens is 398 g/mol. The van der Waals surface area contributed by atoms with Gasteiger partial charge < -0.3 is 5.32 Å². The summed E-state index contributed by atoms with van der Waals surface area (Å²) in [6, 6.07) is 12.2. The number of rotatable bonds is 4. The maximum Gasteiger partial charge on any atom is 0.255 e. The molecule has 0 aliphatic carbocycles. The molecule has 0 bridgehead atoms. The van der Waals surface area contributed by atoms with Crippen molar-refractivity contribution >= 4 is 42.9 Å². The van der Waals surface area contributed by atoms with Gasteiger partial charge in [-0.2, -0.15) is 0 Å². The van der Waals surface area contributed by atoms with Crippen molar-refractivity contribution in [1.82, 2.24) is 0 Å². The van der Waals surface area contributed by atoms with Gasteiger partial charge in [0.05, 0.1) is 32.4 Å². The molecule has 6 nitrogen and oxygen atoms in total. The molecular formula is C17H16ClNO5S2. The number of sulfone groups is 2. The van der Waals surface area contributed by atoms with Crippen LogP contribution in [0.2, 0.25) is 5.02 Å². The lowest BCUT2D eigenvalue weighted by Gasteiger charge is -2.11. The average molecular weight is 414 g/mol. The Kier molecular flexibility index (Phi) is 5.09. The Labute approximate surface area is 157 Å². The zero-order chi connectivity index (χ0) is 18.9. The minimum Gasteiger partial charge on any atom is -0.321 e. The van der Waals surface area contributed by atoms with Crippen LogP contribution in [0.3, 0.4) is 0 Å². The van der Waals surface area contributed by atoms with Gasteiger partial charge in [-0.15, -0.1) is 0 Å². The standard InChI is InChI=1S/C17H16ClNO5S2/c18-15-3-1-2-4-16(15)19-17(20)12-5-7-13(8-6-12)26(23,24)14-9-10-25(21,22)11-14/h1-8,14H,9-11H2,(H,19,20). The fraction of sp³-hybridized carbons (Fsp3) is 0.235. The predicted molar refractivity (Wildman–Crippen MR) is 100 cm³/mol. The van der Waals surface area contributed by atoms with Crippen molar-refractivity contribution < 1.29 is 21.6 Å². The summed E-state index contributed by atoms with van der Waals surface area (Å²) in [6.45, 7) is 0. The molecule has 0 saturated carbocycles. The Balaban J connectivity index is 1.78. The Bertz CT molecular complexity index is 1050. The number of amides is 1. The second-order valence-corrected chi connectivity index (χ2v) is 10.9. The molecule has 1 aliphatic rings. The molecule has 0 radical (unpaired) electrons. The van der Waals surface area contributed by atoms with Crippen LogP contribution >= 0.6 is 11.6 Å². The van der Waals surface area contributed by atoms with E-state index in [0.717, 1.165) is 0 Å². The molecule has 1 amide bonds. The van der Waals surface area contributed by atoms with Crippen LogP contribution in [-0.4, -0.2) is 39.5 Å². The first-order valence-corrected chi connectivity index (χ1v) is 11.5. The van der Waals surface area contributed by atoms with Gasteiger partial charge >= 0.3 is 0 Å². The van der Waals surface area contributed by atoms with E-state index in [1.165, 1.54) is 24.3 Å². The number of anilines is 1. The summed E-state index contributed by atoms with van der Waals surface area (Å²) in [5.74, 6) is -0.898. The van der Waals surface area contributed by atoms with Crippen LogP contribution < -0.4 is 5.32 Å². The third-order valence-corrected chi connectivity index (χ3v) is 8.71.